The number of hydrogen-bond acceptors (Lipinski definition) is 5. The molecule has 126 valence electrons. The molecule has 0 bridgehead atoms. The normalized spacial score (nSPS) is 10.7. The van der Waals surface area contributed by atoms with Gasteiger partial charge in [-0.3, -0.25) is 9.59 Å². The van der Waals surface area contributed by atoms with E-state index in [0.717, 1.165) is 0 Å². The molecule has 2 N–H and O–H groups in total. The second kappa shape index (κ2) is 8.17. The van der Waals surface area contributed by atoms with Gasteiger partial charge in [-0.15, -0.1) is 0 Å². The number of amides is 1. The largest absolute Gasteiger partial charge is 0.482 e. The second-order valence-corrected chi connectivity index (χ2v) is 5.62. The highest BCUT2D eigenvalue weighted by Crippen LogP contribution is 2.16. The topological polar surface area (TPSA) is 102 Å². The van der Waals surface area contributed by atoms with Crippen LogP contribution in [0.4, 0.5) is 0 Å². The lowest BCUT2D eigenvalue weighted by Crippen LogP contribution is -2.43. The van der Waals surface area contributed by atoms with E-state index in [2.05, 4.69) is 10.1 Å². The van der Waals surface area contributed by atoms with Crippen molar-refractivity contribution in [3.63, 3.8) is 0 Å². The minimum Gasteiger partial charge on any atom is -0.482 e. The van der Waals surface area contributed by atoms with Crippen LogP contribution in [0.15, 0.2) is 24.3 Å². The van der Waals surface area contributed by atoms with Gasteiger partial charge in [0.15, 0.2) is 6.61 Å². The molecule has 0 aliphatic rings. The molecule has 0 heterocycles. The van der Waals surface area contributed by atoms with E-state index in [-0.39, 0.29) is 18.9 Å². The number of carbonyl (C=O) groups is 3. The predicted molar refractivity (Wildman–Crippen MR) is 82.4 cm³/mol. The van der Waals surface area contributed by atoms with E-state index in [0.29, 0.717) is 17.7 Å². The van der Waals surface area contributed by atoms with E-state index in [4.69, 9.17) is 9.84 Å². The van der Waals surface area contributed by atoms with Crippen LogP contribution in [-0.4, -0.2) is 42.2 Å². The molecular formula is C16H21NO6. The van der Waals surface area contributed by atoms with Crippen molar-refractivity contribution in [1.82, 2.24) is 5.32 Å². The molecular weight excluding hydrogens is 302 g/mol. The smallest absolute Gasteiger partial charge is 0.343 e. The maximum absolute atomic E-state index is 12.2. The number of carboxylic acid groups (broad SMARTS) is 1. The Hall–Kier alpha value is -2.57. The molecule has 1 aromatic rings. The predicted octanol–water partition coefficient (Wildman–Crippen LogP) is 1.61. The molecule has 0 radical (unpaired) electrons. The fraction of sp³-hybridized carbons (Fsp3) is 0.438. The highest BCUT2D eigenvalue weighted by atomic mass is 16.6. The van der Waals surface area contributed by atoms with Crippen molar-refractivity contribution < 1.29 is 29.0 Å². The van der Waals surface area contributed by atoms with Crippen molar-refractivity contribution in [2.24, 2.45) is 0 Å². The van der Waals surface area contributed by atoms with Crippen molar-refractivity contribution in [1.29, 1.82) is 0 Å². The maximum atomic E-state index is 12.2. The number of carboxylic acids is 1. The van der Waals surface area contributed by atoms with Crippen LogP contribution >= 0.6 is 0 Å². The zero-order valence-corrected chi connectivity index (χ0v) is 13.4. The van der Waals surface area contributed by atoms with Crippen molar-refractivity contribution in [2.45, 2.75) is 32.2 Å². The van der Waals surface area contributed by atoms with E-state index in [1.807, 2.05) is 0 Å². The summed E-state index contributed by atoms with van der Waals surface area (Å²) in [5.74, 6) is -1.41. The van der Waals surface area contributed by atoms with E-state index >= 15 is 0 Å². The van der Waals surface area contributed by atoms with Gasteiger partial charge < -0.3 is 19.9 Å². The summed E-state index contributed by atoms with van der Waals surface area (Å²) in [5.41, 5.74) is -0.297. The van der Waals surface area contributed by atoms with Crippen LogP contribution in [0, 0.1) is 0 Å². The van der Waals surface area contributed by atoms with Gasteiger partial charge in [-0.05, 0) is 38.5 Å². The third kappa shape index (κ3) is 6.82. The quantitative estimate of drug-likeness (QED) is 0.705. The summed E-state index contributed by atoms with van der Waals surface area (Å²) in [6.07, 6.45) is 0.280. The lowest BCUT2D eigenvalue weighted by molar-refractivity contribution is -0.143. The summed E-state index contributed by atoms with van der Waals surface area (Å²) in [6.45, 7) is 3.27. The van der Waals surface area contributed by atoms with Gasteiger partial charge >= 0.3 is 11.9 Å². The number of carbonyl (C=O) groups excluding carboxylic acids is 2. The van der Waals surface area contributed by atoms with Crippen LogP contribution in [0.2, 0.25) is 0 Å². The van der Waals surface area contributed by atoms with E-state index < -0.39 is 17.5 Å². The summed E-state index contributed by atoms with van der Waals surface area (Å²) in [6, 6.07) is 6.36. The fourth-order valence-electron chi connectivity index (χ4n) is 1.79. The van der Waals surface area contributed by atoms with Crippen LogP contribution in [0.1, 0.15) is 37.0 Å². The van der Waals surface area contributed by atoms with Crippen LogP contribution in [0.3, 0.4) is 0 Å². The Labute approximate surface area is 134 Å². The third-order valence-electron chi connectivity index (χ3n) is 3.10. The number of methoxy groups -OCH3 is 1. The Balaban J connectivity index is 2.69. The summed E-state index contributed by atoms with van der Waals surface area (Å²) < 4.78 is 9.70. The van der Waals surface area contributed by atoms with E-state index in [1.165, 1.54) is 13.2 Å². The van der Waals surface area contributed by atoms with Gasteiger partial charge in [0.2, 0.25) is 0 Å². The Morgan fingerprint density at radius 2 is 1.96 bits per heavy atom. The number of benzene rings is 1. The molecule has 7 heteroatoms. The zero-order chi connectivity index (χ0) is 17.5. The highest BCUT2D eigenvalue weighted by molar-refractivity contribution is 5.95. The Bertz CT molecular complexity index is 582. The molecule has 0 unspecified atom stereocenters. The molecule has 23 heavy (non-hydrogen) atoms. The van der Waals surface area contributed by atoms with Crippen molar-refractivity contribution in [3.05, 3.63) is 29.8 Å². The number of rotatable bonds is 8. The zero-order valence-electron chi connectivity index (χ0n) is 13.4. The maximum Gasteiger partial charge on any atom is 0.343 e. The standard InChI is InChI=1S/C16H21NO6/c1-16(2,8-7-13(18)19)17-15(21)11-5-4-6-12(9-11)23-10-14(20)22-3/h4-6,9H,7-8,10H2,1-3H3,(H,17,21)(H,18,19). The molecule has 0 aliphatic carbocycles. The highest BCUT2D eigenvalue weighted by Gasteiger charge is 2.22. The average molecular weight is 323 g/mol. The molecule has 0 saturated heterocycles. The molecule has 0 aromatic heterocycles. The summed E-state index contributed by atoms with van der Waals surface area (Å²) in [5, 5.41) is 11.5. The first-order chi connectivity index (χ1) is 10.7. The van der Waals surface area contributed by atoms with Crippen LogP contribution in [-0.2, 0) is 14.3 Å². The van der Waals surface area contributed by atoms with Crippen molar-refractivity contribution in [3.8, 4) is 5.75 Å². The SMILES string of the molecule is COC(=O)COc1cccc(C(=O)NC(C)(C)CCC(=O)O)c1. The third-order valence-corrected chi connectivity index (χ3v) is 3.10. The first kappa shape index (κ1) is 18.5. The summed E-state index contributed by atoms with van der Waals surface area (Å²) in [4.78, 5) is 33.9. The van der Waals surface area contributed by atoms with E-state index in [1.54, 1.807) is 32.0 Å². The number of ether oxygens (including phenoxy) is 2. The molecule has 0 aliphatic heterocycles. The van der Waals surface area contributed by atoms with Crippen LogP contribution in [0.25, 0.3) is 0 Å². The van der Waals surface area contributed by atoms with Gasteiger partial charge in [-0.25, -0.2) is 4.79 Å². The number of esters is 1. The molecule has 0 fully saturated rings. The first-order valence-electron chi connectivity index (χ1n) is 7.07. The molecule has 1 aromatic carbocycles. The molecule has 1 amide bonds. The Morgan fingerprint density at radius 1 is 1.26 bits per heavy atom. The van der Waals surface area contributed by atoms with Gasteiger partial charge in [0, 0.05) is 17.5 Å². The summed E-state index contributed by atoms with van der Waals surface area (Å²) in [7, 11) is 1.26. The molecule has 0 spiro atoms. The van der Waals surface area contributed by atoms with Gasteiger partial charge in [0.25, 0.3) is 5.91 Å². The van der Waals surface area contributed by atoms with Crippen LogP contribution in [0.5, 0.6) is 5.75 Å². The molecule has 1 rings (SSSR count). The lowest BCUT2D eigenvalue weighted by Gasteiger charge is -2.25. The minimum absolute atomic E-state index is 0.0322. The fourth-order valence-corrected chi connectivity index (χ4v) is 1.79. The minimum atomic E-state index is -0.912. The number of aliphatic carboxylic acids is 1. The van der Waals surface area contributed by atoms with Gasteiger partial charge in [0.1, 0.15) is 5.75 Å². The first-order valence-corrected chi connectivity index (χ1v) is 7.07. The van der Waals surface area contributed by atoms with Gasteiger partial charge in [0.05, 0.1) is 7.11 Å². The molecule has 0 atom stereocenters. The van der Waals surface area contributed by atoms with Crippen LogP contribution < -0.4 is 10.1 Å². The van der Waals surface area contributed by atoms with Crippen molar-refractivity contribution in [2.75, 3.05) is 13.7 Å². The number of nitrogens with one attached hydrogen (secondary N) is 1. The lowest BCUT2D eigenvalue weighted by atomic mass is 9.97. The average Bonchev–Trinajstić information content (AvgIpc) is 2.50. The van der Waals surface area contributed by atoms with Crippen molar-refractivity contribution >= 4 is 17.8 Å². The van der Waals surface area contributed by atoms with Gasteiger partial charge in [-0.2, -0.15) is 0 Å². The monoisotopic (exact) mass is 323 g/mol. The Kier molecular flexibility index (Phi) is 6.56. The molecule has 7 nitrogen and oxygen atoms in total. The number of hydrogen-bond donors (Lipinski definition) is 2. The molecule has 0 saturated carbocycles. The Morgan fingerprint density at radius 3 is 2.57 bits per heavy atom. The van der Waals surface area contributed by atoms with Gasteiger partial charge in [-0.1, -0.05) is 6.07 Å². The summed E-state index contributed by atoms with van der Waals surface area (Å²) >= 11 is 0. The second-order valence-electron chi connectivity index (χ2n) is 5.62. The van der Waals surface area contributed by atoms with E-state index in [9.17, 15) is 14.4 Å².